The number of hydrogen-bond donors (Lipinski definition) is 3. The molecule has 0 saturated heterocycles. The number of aromatic carboxylic acids is 1. The molecule has 0 saturated carbocycles. The zero-order chi connectivity index (χ0) is 21.5. The average molecular weight is 425 g/mol. The minimum Gasteiger partial charge on any atom is -0.484 e. The molecule has 3 N–H and O–H groups in total. The molecule has 3 aromatic rings. The Morgan fingerprint density at radius 3 is 2.43 bits per heavy atom. The lowest BCUT2D eigenvalue weighted by Gasteiger charge is -2.11. The number of aryl methyl sites for hydroxylation is 1. The highest BCUT2D eigenvalue weighted by Crippen LogP contribution is 2.22. The number of ether oxygens (including phenoxy) is 1. The van der Waals surface area contributed by atoms with E-state index in [-0.39, 0.29) is 23.1 Å². The molecule has 0 unspecified atom stereocenters. The number of benzene rings is 3. The van der Waals surface area contributed by atoms with Gasteiger partial charge in [-0.15, -0.1) is 0 Å². The van der Waals surface area contributed by atoms with Gasteiger partial charge in [0.15, 0.2) is 6.61 Å². The number of anilines is 2. The number of carbonyl (C=O) groups is 2. The van der Waals surface area contributed by atoms with Gasteiger partial charge < -0.3 is 20.5 Å². The number of carboxylic acids is 1. The molecule has 6 nitrogen and oxygen atoms in total. The second-order valence-electron chi connectivity index (χ2n) is 6.70. The molecule has 0 radical (unpaired) electrons. The first-order chi connectivity index (χ1) is 14.4. The Bertz CT molecular complexity index is 1050. The van der Waals surface area contributed by atoms with Gasteiger partial charge >= 0.3 is 5.97 Å². The molecular weight excluding hydrogens is 404 g/mol. The third-order valence-corrected chi connectivity index (χ3v) is 4.61. The SMILES string of the molecule is Cc1ccc(NC(=O)COc2cccc(CNc3ccc(C(=O)O)c(Cl)c3)c2)cc1. The maximum atomic E-state index is 12.1. The van der Waals surface area contributed by atoms with Crippen LogP contribution in [0.3, 0.4) is 0 Å². The third kappa shape index (κ3) is 5.99. The van der Waals surface area contributed by atoms with E-state index >= 15 is 0 Å². The van der Waals surface area contributed by atoms with Gasteiger partial charge in [0, 0.05) is 17.9 Å². The van der Waals surface area contributed by atoms with Gasteiger partial charge in [-0.3, -0.25) is 4.79 Å². The highest BCUT2D eigenvalue weighted by Gasteiger charge is 2.09. The Morgan fingerprint density at radius 2 is 1.73 bits per heavy atom. The van der Waals surface area contributed by atoms with Gasteiger partial charge in [0.25, 0.3) is 5.91 Å². The highest BCUT2D eigenvalue weighted by atomic mass is 35.5. The number of nitrogens with one attached hydrogen (secondary N) is 2. The Hall–Kier alpha value is -3.51. The van der Waals surface area contributed by atoms with Gasteiger partial charge in [-0.25, -0.2) is 4.79 Å². The average Bonchev–Trinajstić information content (AvgIpc) is 2.72. The van der Waals surface area contributed by atoms with Crippen LogP contribution in [-0.4, -0.2) is 23.6 Å². The molecule has 0 fully saturated rings. The number of halogens is 1. The summed E-state index contributed by atoms with van der Waals surface area (Å²) < 4.78 is 5.59. The van der Waals surface area contributed by atoms with E-state index < -0.39 is 5.97 Å². The number of carbonyl (C=O) groups excluding carboxylic acids is 1. The molecule has 30 heavy (non-hydrogen) atoms. The second kappa shape index (κ2) is 9.80. The summed E-state index contributed by atoms with van der Waals surface area (Å²) in [4.78, 5) is 23.1. The number of rotatable bonds is 8. The summed E-state index contributed by atoms with van der Waals surface area (Å²) in [5.74, 6) is -0.731. The van der Waals surface area contributed by atoms with E-state index in [4.69, 9.17) is 21.4 Å². The summed E-state index contributed by atoms with van der Waals surface area (Å²) in [6, 6.07) is 19.6. The van der Waals surface area contributed by atoms with E-state index in [0.29, 0.717) is 18.0 Å². The van der Waals surface area contributed by atoms with Crippen LogP contribution in [0.4, 0.5) is 11.4 Å². The minimum absolute atomic E-state index is 0.0570. The van der Waals surface area contributed by atoms with Gasteiger partial charge in [0.1, 0.15) is 5.75 Å². The van der Waals surface area contributed by atoms with Crippen molar-refractivity contribution in [3.05, 3.63) is 88.4 Å². The van der Waals surface area contributed by atoms with Crippen LogP contribution < -0.4 is 15.4 Å². The molecule has 7 heteroatoms. The topological polar surface area (TPSA) is 87.7 Å². The van der Waals surface area contributed by atoms with Crippen LogP contribution in [0, 0.1) is 6.92 Å². The molecule has 0 aromatic heterocycles. The monoisotopic (exact) mass is 424 g/mol. The molecule has 0 heterocycles. The zero-order valence-corrected chi connectivity index (χ0v) is 17.1. The van der Waals surface area contributed by atoms with Crippen molar-refractivity contribution >= 4 is 34.9 Å². The normalized spacial score (nSPS) is 10.3. The molecular formula is C23H21ClN2O4. The fraction of sp³-hybridized carbons (Fsp3) is 0.130. The molecule has 0 bridgehead atoms. The Morgan fingerprint density at radius 1 is 1.00 bits per heavy atom. The van der Waals surface area contributed by atoms with Crippen molar-refractivity contribution in [2.24, 2.45) is 0 Å². The molecule has 0 aliphatic carbocycles. The van der Waals surface area contributed by atoms with E-state index in [1.165, 1.54) is 6.07 Å². The minimum atomic E-state index is -1.07. The molecule has 0 aliphatic rings. The molecule has 0 aliphatic heterocycles. The highest BCUT2D eigenvalue weighted by molar-refractivity contribution is 6.33. The van der Waals surface area contributed by atoms with Crippen LogP contribution in [0.1, 0.15) is 21.5 Å². The fourth-order valence-electron chi connectivity index (χ4n) is 2.73. The third-order valence-electron chi connectivity index (χ3n) is 4.30. The quantitative estimate of drug-likeness (QED) is 0.475. The first-order valence-corrected chi connectivity index (χ1v) is 9.63. The molecule has 0 spiro atoms. The van der Waals surface area contributed by atoms with Crippen molar-refractivity contribution in [2.45, 2.75) is 13.5 Å². The first kappa shape index (κ1) is 21.2. The van der Waals surface area contributed by atoms with Crippen molar-refractivity contribution in [3.63, 3.8) is 0 Å². The van der Waals surface area contributed by atoms with Gasteiger partial charge in [-0.2, -0.15) is 0 Å². The van der Waals surface area contributed by atoms with E-state index in [1.807, 2.05) is 49.4 Å². The smallest absolute Gasteiger partial charge is 0.337 e. The Labute approximate surface area is 179 Å². The van der Waals surface area contributed by atoms with Crippen LogP contribution in [0.15, 0.2) is 66.7 Å². The van der Waals surface area contributed by atoms with Crippen molar-refractivity contribution in [1.82, 2.24) is 0 Å². The summed E-state index contributed by atoms with van der Waals surface area (Å²) in [5.41, 5.74) is 3.54. The Kier molecular flexibility index (Phi) is 6.93. The predicted molar refractivity (Wildman–Crippen MR) is 117 cm³/mol. The molecule has 3 aromatic carbocycles. The lowest BCUT2D eigenvalue weighted by atomic mass is 10.2. The standard InChI is InChI=1S/C23H21ClN2O4/c1-15-5-7-17(8-6-15)26-22(27)14-30-19-4-2-3-16(11-19)13-25-18-9-10-20(23(28)29)21(24)12-18/h2-12,25H,13-14H2,1H3,(H,26,27)(H,28,29). The summed E-state index contributed by atoms with van der Waals surface area (Å²) >= 11 is 5.99. The van der Waals surface area contributed by atoms with Crippen molar-refractivity contribution in [3.8, 4) is 5.75 Å². The maximum absolute atomic E-state index is 12.1. The summed E-state index contributed by atoms with van der Waals surface area (Å²) in [6.45, 7) is 2.36. The lowest BCUT2D eigenvalue weighted by Crippen LogP contribution is -2.20. The number of carboxylic acid groups (broad SMARTS) is 1. The van der Waals surface area contributed by atoms with Crippen LogP contribution in [0.25, 0.3) is 0 Å². The lowest BCUT2D eigenvalue weighted by molar-refractivity contribution is -0.118. The summed E-state index contributed by atoms with van der Waals surface area (Å²) in [5, 5.41) is 15.2. The first-order valence-electron chi connectivity index (χ1n) is 9.26. The molecule has 0 atom stereocenters. The fourth-order valence-corrected chi connectivity index (χ4v) is 2.99. The van der Waals surface area contributed by atoms with Gasteiger partial charge in [0.2, 0.25) is 0 Å². The van der Waals surface area contributed by atoms with E-state index in [0.717, 1.165) is 16.8 Å². The van der Waals surface area contributed by atoms with Crippen LogP contribution >= 0.6 is 11.6 Å². The molecule has 3 rings (SSSR count). The van der Waals surface area contributed by atoms with Crippen molar-refractivity contribution in [2.75, 3.05) is 17.2 Å². The van der Waals surface area contributed by atoms with E-state index in [1.54, 1.807) is 18.2 Å². The molecule has 1 amide bonds. The summed E-state index contributed by atoms with van der Waals surface area (Å²) in [6.07, 6.45) is 0. The number of amides is 1. The van der Waals surface area contributed by atoms with Gasteiger partial charge in [-0.1, -0.05) is 41.4 Å². The van der Waals surface area contributed by atoms with Crippen molar-refractivity contribution in [1.29, 1.82) is 0 Å². The number of hydrogen-bond acceptors (Lipinski definition) is 4. The van der Waals surface area contributed by atoms with Crippen LogP contribution in [0.2, 0.25) is 5.02 Å². The maximum Gasteiger partial charge on any atom is 0.337 e. The van der Waals surface area contributed by atoms with Crippen LogP contribution in [0.5, 0.6) is 5.75 Å². The van der Waals surface area contributed by atoms with Gasteiger partial charge in [-0.05, 0) is 55.0 Å². The van der Waals surface area contributed by atoms with Gasteiger partial charge in [0.05, 0.1) is 10.6 Å². The van der Waals surface area contributed by atoms with Crippen LogP contribution in [-0.2, 0) is 11.3 Å². The zero-order valence-electron chi connectivity index (χ0n) is 16.3. The Balaban J connectivity index is 1.53. The second-order valence-corrected chi connectivity index (χ2v) is 7.11. The summed E-state index contributed by atoms with van der Waals surface area (Å²) in [7, 11) is 0. The van der Waals surface area contributed by atoms with E-state index in [2.05, 4.69) is 10.6 Å². The van der Waals surface area contributed by atoms with Crippen molar-refractivity contribution < 1.29 is 19.4 Å². The largest absolute Gasteiger partial charge is 0.484 e. The predicted octanol–water partition coefficient (Wildman–Crippen LogP) is 4.98. The molecule has 154 valence electrons. The van der Waals surface area contributed by atoms with E-state index in [9.17, 15) is 9.59 Å².